The van der Waals surface area contributed by atoms with Crippen molar-refractivity contribution >= 4 is 28.9 Å². The summed E-state index contributed by atoms with van der Waals surface area (Å²) >= 11 is 0. The molecule has 0 atom stereocenters. The molecule has 0 saturated carbocycles. The van der Waals surface area contributed by atoms with Crippen LogP contribution >= 0.6 is 0 Å². The van der Waals surface area contributed by atoms with E-state index in [-0.39, 0.29) is 11.9 Å². The van der Waals surface area contributed by atoms with E-state index in [2.05, 4.69) is 16.8 Å². The Hall–Kier alpha value is -2.56. The third-order valence-electron chi connectivity index (χ3n) is 3.74. The second kappa shape index (κ2) is 5.09. The van der Waals surface area contributed by atoms with Gasteiger partial charge < -0.3 is 9.88 Å². The fourth-order valence-corrected chi connectivity index (χ4v) is 2.67. The van der Waals surface area contributed by atoms with Crippen LogP contribution in [-0.4, -0.2) is 28.0 Å². The van der Waals surface area contributed by atoms with Crippen LogP contribution in [0.3, 0.4) is 0 Å². The Balaban J connectivity index is 2.08. The molecule has 3 amide bonds. The number of benzene rings is 1. The SMILES string of the molecule is CCN1C(=O)N/C(=C/c2cn(CC)c3ccccc23)C1=O. The van der Waals surface area contributed by atoms with Gasteiger partial charge in [0.2, 0.25) is 0 Å². The molecule has 0 unspecified atom stereocenters. The van der Waals surface area contributed by atoms with Crippen molar-refractivity contribution in [3.05, 3.63) is 41.7 Å². The lowest BCUT2D eigenvalue weighted by Gasteiger charge is -2.05. The van der Waals surface area contributed by atoms with Crippen molar-refractivity contribution in [2.75, 3.05) is 6.54 Å². The largest absolute Gasteiger partial charge is 0.347 e. The number of hydrogen-bond donors (Lipinski definition) is 1. The molecule has 1 fully saturated rings. The number of carbonyl (C=O) groups excluding carboxylic acids is 2. The second-order valence-corrected chi connectivity index (χ2v) is 4.93. The minimum atomic E-state index is -0.354. The summed E-state index contributed by atoms with van der Waals surface area (Å²) in [5.74, 6) is -0.268. The normalized spacial score (nSPS) is 17.0. The Labute approximate surface area is 122 Å². The van der Waals surface area contributed by atoms with Crippen LogP contribution in [0.4, 0.5) is 4.79 Å². The van der Waals surface area contributed by atoms with Gasteiger partial charge in [0.05, 0.1) is 0 Å². The summed E-state index contributed by atoms with van der Waals surface area (Å²) in [6.07, 6.45) is 3.76. The number of rotatable bonds is 3. The topological polar surface area (TPSA) is 54.3 Å². The Morgan fingerprint density at radius 3 is 2.57 bits per heavy atom. The summed E-state index contributed by atoms with van der Waals surface area (Å²) in [5, 5.41) is 3.71. The summed E-state index contributed by atoms with van der Waals surface area (Å²) in [6, 6.07) is 7.68. The molecule has 1 aromatic carbocycles. The van der Waals surface area contributed by atoms with E-state index in [0.29, 0.717) is 12.2 Å². The number of nitrogens with zero attached hydrogens (tertiary/aromatic N) is 2. The average molecular weight is 283 g/mol. The highest BCUT2D eigenvalue weighted by Crippen LogP contribution is 2.24. The van der Waals surface area contributed by atoms with Gasteiger partial charge >= 0.3 is 6.03 Å². The molecule has 21 heavy (non-hydrogen) atoms. The molecular formula is C16H17N3O2. The monoisotopic (exact) mass is 283 g/mol. The fourth-order valence-electron chi connectivity index (χ4n) is 2.67. The molecule has 1 saturated heterocycles. The molecule has 0 bridgehead atoms. The molecule has 5 heteroatoms. The standard InChI is InChI=1S/C16H17N3O2/c1-3-18-10-11(12-7-5-6-8-14(12)18)9-13-15(20)19(4-2)16(21)17-13/h5-10H,3-4H2,1-2H3,(H,17,21)/b13-9+. The van der Waals surface area contributed by atoms with Crippen molar-refractivity contribution < 1.29 is 9.59 Å². The lowest BCUT2D eigenvalue weighted by atomic mass is 10.1. The zero-order chi connectivity index (χ0) is 15.0. The third-order valence-corrected chi connectivity index (χ3v) is 3.74. The summed E-state index contributed by atoms with van der Waals surface area (Å²) in [4.78, 5) is 25.0. The van der Waals surface area contributed by atoms with Gasteiger partial charge in [-0.25, -0.2) is 4.79 Å². The Kier molecular flexibility index (Phi) is 3.25. The first-order valence-corrected chi connectivity index (χ1v) is 7.08. The molecule has 0 radical (unpaired) electrons. The maximum atomic E-state index is 12.1. The fraction of sp³-hybridized carbons (Fsp3) is 0.250. The van der Waals surface area contributed by atoms with E-state index < -0.39 is 0 Å². The predicted octanol–water partition coefficient (Wildman–Crippen LogP) is 2.57. The first kappa shape index (κ1) is 13.4. The smallest absolute Gasteiger partial charge is 0.328 e. The van der Waals surface area contributed by atoms with Crippen molar-refractivity contribution in [1.29, 1.82) is 0 Å². The maximum Gasteiger partial charge on any atom is 0.328 e. The van der Waals surface area contributed by atoms with E-state index in [1.165, 1.54) is 4.90 Å². The van der Waals surface area contributed by atoms with Gasteiger partial charge in [0.15, 0.2) is 0 Å². The van der Waals surface area contributed by atoms with Crippen molar-refractivity contribution in [2.45, 2.75) is 20.4 Å². The average Bonchev–Trinajstić information content (AvgIpc) is 2.98. The van der Waals surface area contributed by atoms with Gasteiger partial charge in [-0.3, -0.25) is 9.69 Å². The van der Waals surface area contributed by atoms with Crippen LogP contribution in [0.25, 0.3) is 17.0 Å². The van der Waals surface area contributed by atoms with Gasteiger partial charge in [-0.05, 0) is 26.0 Å². The molecule has 0 spiro atoms. The quantitative estimate of drug-likeness (QED) is 0.695. The number of likely N-dealkylation sites (N-methyl/N-ethyl adjacent to an activating group) is 1. The van der Waals surface area contributed by atoms with Gasteiger partial charge in [0, 0.05) is 35.8 Å². The number of nitrogens with one attached hydrogen (secondary N) is 1. The highest BCUT2D eigenvalue weighted by atomic mass is 16.2. The Morgan fingerprint density at radius 2 is 1.90 bits per heavy atom. The predicted molar refractivity (Wildman–Crippen MR) is 81.5 cm³/mol. The highest BCUT2D eigenvalue weighted by molar-refractivity contribution is 6.14. The first-order chi connectivity index (χ1) is 10.2. The molecule has 1 aliphatic heterocycles. The number of para-hydroxylation sites is 1. The van der Waals surface area contributed by atoms with Crippen LogP contribution < -0.4 is 5.32 Å². The molecular weight excluding hydrogens is 266 g/mol. The van der Waals surface area contributed by atoms with Gasteiger partial charge in [-0.2, -0.15) is 0 Å². The van der Waals surface area contributed by atoms with Crippen LogP contribution in [-0.2, 0) is 11.3 Å². The minimum Gasteiger partial charge on any atom is -0.347 e. The number of hydrogen-bond acceptors (Lipinski definition) is 2. The summed E-state index contributed by atoms with van der Waals surface area (Å²) in [5.41, 5.74) is 2.39. The maximum absolute atomic E-state index is 12.1. The Bertz CT molecular complexity index is 758. The summed E-state index contributed by atoms with van der Waals surface area (Å²) < 4.78 is 2.13. The molecule has 2 heterocycles. The zero-order valence-electron chi connectivity index (χ0n) is 12.1. The van der Waals surface area contributed by atoms with Crippen molar-refractivity contribution in [2.24, 2.45) is 0 Å². The number of carbonyl (C=O) groups is 2. The lowest BCUT2D eigenvalue weighted by molar-refractivity contribution is -0.122. The molecule has 5 nitrogen and oxygen atoms in total. The van der Waals surface area contributed by atoms with Crippen LogP contribution in [0.15, 0.2) is 36.2 Å². The van der Waals surface area contributed by atoms with Crippen LogP contribution in [0, 0.1) is 0 Å². The van der Waals surface area contributed by atoms with Gasteiger partial charge in [0.1, 0.15) is 5.70 Å². The number of aryl methyl sites for hydroxylation is 1. The minimum absolute atomic E-state index is 0.268. The number of aromatic nitrogens is 1. The molecule has 2 aromatic rings. The molecule has 1 N–H and O–H groups in total. The number of urea groups is 1. The van der Waals surface area contributed by atoms with E-state index in [0.717, 1.165) is 23.0 Å². The van der Waals surface area contributed by atoms with E-state index in [9.17, 15) is 9.59 Å². The van der Waals surface area contributed by atoms with E-state index in [4.69, 9.17) is 0 Å². The number of fused-ring (bicyclic) bond motifs is 1. The number of imide groups is 1. The zero-order valence-corrected chi connectivity index (χ0v) is 12.1. The van der Waals surface area contributed by atoms with E-state index in [1.54, 1.807) is 13.0 Å². The molecule has 1 aliphatic rings. The Morgan fingerprint density at radius 1 is 1.14 bits per heavy atom. The molecule has 3 rings (SSSR count). The van der Waals surface area contributed by atoms with Crippen molar-refractivity contribution in [3.63, 3.8) is 0 Å². The van der Waals surface area contributed by atoms with Gasteiger partial charge in [-0.1, -0.05) is 18.2 Å². The molecule has 1 aromatic heterocycles. The summed E-state index contributed by atoms with van der Waals surface area (Å²) in [7, 11) is 0. The van der Waals surface area contributed by atoms with Crippen molar-refractivity contribution in [1.82, 2.24) is 14.8 Å². The van der Waals surface area contributed by atoms with Crippen LogP contribution in [0.2, 0.25) is 0 Å². The molecule has 0 aliphatic carbocycles. The lowest BCUT2D eigenvalue weighted by Crippen LogP contribution is -2.30. The van der Waals surface area contributed by atoms with Crippen LogP contribution in [0.5, 0.6) is 0 Å². The van der Waals surface area contributed by atoms with E-state index >= 15 is 0 Å². The highest BCUT2D eigenvalue weighted by Gasteiger charge is 2.32. The van der Waals surface area contributed by atoms with Gasteiger partial charge in [0.25, 0.3) is 5.91 Å². The van der Waals surface area contributed by atoms with Crippen molar-refractivity contribution in [3.8, 4) is 0 Å². The van der Waals surface area contributed by atoms with Crippen LogP contribution in [0.1, 0.15) is 19.4 Å². The molecule has 108 valence electrons. The third kappa shape index (κ3) is 2.11. The van der Waals surface area contributed by atoms with E-state index in [1.807, 2.05) is 30.5 Å². The summed E-state index contributed by atoms with van der Waals surface area (Å²) in [6.45, 7) is 5.08. The number of amides is 3. The first-order valence-electron chi connectivity index (χ1n) is 7.08. The van der Waals surface area contributed by atoms with Gasteiger partial charge in [-0.15, -0.1) is 0 Å². The second-order valence-electron chi connectivity index (χ2n) is 4.93.